The van der Waals surface area contributed by atoms with Gasteiger partial charge in [-0.2, -0.15) is 21.0 Å². The Morgan fingerprint density at radius 1 is 0.472 bits per heavy atom. The SMILES string of the molecule is CC(C)c1ccc2c(c1)C(=C(C#N)C#N)c1cc3c(cc1-2)C(=C(C#N)C#N)c1cc(C(C)C)ccc1-3. The maximum absolute atomic E-state index is 9.82. The lowest BCUT2D eigenvalue weighted by Gasteiger charge is -2.10. The number of hydrogen-bond donors (Lipinski definition) is 0. The first kappa shape index (κ1) is 22.9. The molecular weight excluding hydrogens is 440 g/mol. The van der Waals surface area contributed by atoms with E-state index >= 15 is 0 Å². The predicted octanol–water partition coefficient (Wildman–Crippen LogP) is 7.59. The zero-order valence-corrected chi connectivity index (χ0v) is 20.6. The second-order valence-electron chi connectivity index (χ2n) is 9.81. The summed E-state index contributed by atoms with van der Waals surface area (Å²) >= 11 is 0. The third kappa shape index (κ3) is 3.17. The molecule has 0 spiro atoms. The quantitative estimate of drug-likeness (QED) is 0.252. The molecule has 0 aromatic heterocycles. The van der Waals surface area contributed by atoms with Gasteiger partial charge >= 0.3 is 0 Å². The average molecular weight is 463 g/mol. The van der Waals surface area contributed by atoms with Crippen LogP contribution in [-0.2, 0) is 0 Å². The number of benzene rings is 3. The third-order valence-electron chi connectivity index (χ3n) is 7.18. The predicted molar refractivity (Wildman–Crippen MR) is 140 cm³/mol. The molecule has 5 rings (SSSR count). The molecule has 170 valence electrons. The third-order valence-corrected chi connectivity index (χ3v) is 7.18. The molecule has 36 heavy (non-hydrogen) atoms. The van der Waals surface area contributed by atoms with Crippen LogP contribution in [0, 0.1) is 45.3 Å². The second kappa shape index (κ2) is 8.40. The van der Waals surface area contributed by atoms with Crippen molar-refractivity contribution in [3.05, 3.63) is 93.1 Å². The van der Waals surface area contributed by atoms with Gasteiger partial charge in [-0.3, -0.25) is 0 Å². The first-order valence-electron chi connectivity index (χ1n) is 11.9. The number of allylic oxidation sites excluding steroid dienone is 2. The van der Waals surface area contributed by atoms with Gasteiger partial charge < -0.3 is 0 Å². The molecule has 0 N–H and O–H groups in total. The van der Waals surface area contributed by atoms with E-state index in [1.165, 1.54) is 0 Å². The van der Waals surface area contributed by atoms with Crippen molar-refractivity contribution in [2.75, 3.05) is 0 Å². The van der Waals surface area contributed by atoms with Gasteiger partial charge in [0.2, 0.25) is 0 Å². The second-order valence-corrected chi connectivity index (χ2v) is 9.81. The maximum Gasteiger partial charge on any atom is 0.138 e. The van der Waals surface area contributed by atoms with Crippen LogP contribution in [0.4, 0.5) is 0 Å². The number of hydrogen-bond acceptors (Lipinski definition) is 4. The van der Waals surface area contributed by atoms with Gasteiger partial charge in [0.05, 0.1) is 0 Å². The monoisotopic (exact) mass is 462 g/mol. The molecule has 4 nitrogen and oxygen atoms in total. The number of rotatable bonds is 2. The van der Waals surface area contributed by atoms with Crippen LogP contribution in [-0.4, -0.2) is 0 Å². The van der Waals surface area contributed by atoms with Gasteiger partial charge in [0.1, 0.15) is 35.4 Å². The minimum Gasteiger partial charge on any atom is -0.192 e. The highest BCUT2D eigenvalue weighted by atomic mass is 14.4. The minimum absolute atomic E-state index is 0.0785. The zero-order valence-electron chi connectivity index (χ0n) is 20.6. The molecule has 2 aliphatic rings. The Balaban J connectivity index is 1.89. The fraction of sp³-hybridized carbons (Fsp3) is 0.188. The standard InChI is InChI=1S/C32H22N4/c1-17(2)19-5-7-23-25-11-30-26(12-29(25)31(27(23)9-19)21(13-33)14-34)24-8-6-20(18(3)4)10-28(24)32(30)22(15-35)16-36/h5-12,17-18H,1-4H3. The van der Waals surface area contributed by atoms with Crippen molar-refractivity contribution in [2.24, 2.45) is 0 Å². The largest absolute Gasteiger partial charge is 0.192 e. The van der Waals surface area contributed by atoms with E-state index in [-0.39, 0.29) is 11.1 Å². The Morgan fingerprint density at radius 2 is 0.806 bits per heavy atom. The summed E-state index contributed by atoms with van der Waals surface area (Å²) < 4.78 is 0. The normalized spacial score (nSPS) is 12.2. The van der Waals surface area contributed by atoms with E-state index in [1.54, 1.807) is 0 Å². The van der Waals surface area contributed by atoms with Crippen LogP contribution in [0.15, 0.2) is 59.7 Å². The molecule has 0 atom stereocenters. The molecule has 0 radical (unpaired) electrons. The molecule has 2 aliphatic carbocycles. The fourth-order valence-electron chi connectivity index (χ4n) is 5.29. The van der Waals surface area contributed by atoms with E-state index in [0.29, 0.717) is 23.0 Å². The minimum atomic E-state index is 0.0785. The topological polar surface area (TPSA) is 95.2 Å². The summed E-state index contributed by atoms with van der Waals surface area (Å²) in [6.07, 6.45) is 0. The van der Waals surface area contributed by atoms with Crippen LogP contribution < -0.4 is 0 Å². The van der Waals surface area contributed by atoms with Crippen molar-refractivity contribution >= 4 is 11.1 Å². The summed E-state index contributed by atoms with van der Waals surface area (Å²) in [7, 11) is 0. The summed E-state index contributed by atoms with van der Waals surface area (Å²) in [6.45, 7) is 8.45. The van der Waals surface area contributed by atoms with Crippen molar-refractivity contribution < 1.29 is 0 Å². The van der Waals surface area contributed by atoms with Crippen molar-refractivity contribution in [1.82, 2.24) is 0 Å². The molecule has 0 amide bonds. The molecule has 0 fully saturated rings. The van der Waals surface area contributed by atoms with Crippen LogP contribution in [0.25, 0.3) is 33.4 Å². The summed E-state index contributed by atoms with van der Waals surface area (Å²) in [6, 6.07) is 24.9. The van der Waals surface area contributed by atoms with Crippen molar-refractivity contribution in [1.29, 1.82) is 21.0 Å². The Morgan fingerprint density at radius 3 is 1.11 bits per heavy atom. The molecule has 3 aromatic carbocycles. The highest BCUT2D eigenvalue weighted by molar-refractivity contribution is 6.11. The molecular formula is C32H22N4. The summed E-state index contributed by atoms with van der Waals surface area (Å²) in [5.74, 6) is 0.589. The first-order chi connectivity index (χ1) is 17.3. The summed E-state index contributed by atoms with van der Waals surface area (Å²) in [4.78, 5) is 0. The highest BCUT2D eigenvalue weighted by Gasteiger charge is 2.33. The zero-order chi connectivity index (χ0) is 25.7. The van der Waals surface area contributed by atoms with Crippen molar-refractivity contribution in [2.45, 2.75) is 39.5 Å². The van der Waals surface area contributed by atoms with Gasteiger partial charge in [-0.25, -0.2) is 0 Å². The van der Waals surface area contributed by atoms with Crippen LogP contribution >= 0.6 is 0 Å². The smallest absolute Gasteiger partial charge is 0.138 e. The lowest BCUT2D eigenvalue weighted by atomic mass is 9.93. The van der Waals surface area contributed by atoms with Gasteiger partial charge in [-0.1, -0.05) is 64.1 Å². The summed E-state index contributed by atoms with van der Waals surface area (Å²) in [5, 5.41) is 39.3. The lowest BCUT2D eigenvalue weighted by molar-refractivity contribution is 0.866. The molecule has 3 aromatic rings. The molecule has 0 aliphatic heterocycles. The van der Waals surface area contributed by atoms with E-state index < -0.39 is 0 Å². The van der Waals surface area contributed by atoms with Crippen LogP contribution in [0.1, 0.15) is 72.9 Å². The lowest BCUT2D eigenvalue weighted by Crippen LogP contribution is -1.92. The highest BCUT2D eigenvalue weighted by Crippen LogP contribution is 2.53. The van der Waals surface area contributed by atoms with E-state index in [1.807, 2.05) is 24.3 Å². The van der Waals surface area contributed by atoms with Gasteiger partial charge in [0, 0.05) is 11.1 Å². The maximum atomic E-state index is 9.82. The number of nitrogens with zero attached hydrogens (tertiary/aromatic N) is 4. The molecule has 0 saturated carbocycles. The average Bonchev–Trinajstić information content (AvgIpc) is 3.36. The van der Waals surface area contributed by atoms with E-state index in [9.17, 15) is 21.0 Å². The molecule has 0 bridgehead atoms. The summed E-state index contributed by atoms with van der Waals surface area (Å²) in [5.41, 5.74) is 10.8. The van der Waals surface area contributed by atoms with Crippen molar-refractivity contribution in [3.63, 3.8) is 0 Å². The Bertz CT molecular complexity index is 1560. The van der Waals surface area contributed by atoms with Gasteiger partial charge in [0.15, 0.2) is 0 Å². The van der Waals surface area contributed by atoms with Crippen LogP contribution in [0.2, 0.25) is 0 Å². The first-order valence-corrected chi connectivity index (χ1v) is 11.9. The molecule has 0 heterocycles. The van der Waals surface area contributed by atoms with Crippen LogP contribution in [0.3, 0.4) is 0 Å². The number of fused-ring (bicyclic) bond motifs is 6. The van der Waals surface area contributed by atoms with E-state index in [0.717, 1.165) is 55.6 Å². The Labute approximate surface area is 211 Å². The Kier molecular flexibility index (Phi) is 5.33. The fourth-order valence-corrected chi connectivity index (χ4v) is 5.29. The number of nitriles is 4. The molecule has 0 unspecified atom stereocenters. The van der Waals surface area contributed by atoms with Crippen molar-refractivity contribution in [3.8, 4) is 46.5 Å². The molecule has 4 heteroatoms. The van der Waals surface area contributed by atoms with Gasteiger partial charge in [0.25, 0.3) is 0 Å². The van der Waals surface area contributed by atoms with Gasteiger partial charge in [-0.15, -0.1) is 0 Å². The van der Waals surface area contributed by atoms with E-state index in [2.05, 4.69) is 76.2 Å². The van der Waals surface area contributed by atoms with Crippen LogP contribution in [0.5, 0.6) is 0 Å². The molecule has 0 saturated heterocycles. The van der Waals surface area contributed by atoms with Gasteiger partial charge in [-0.05, 0) is 79.6 Å². The van der Waals surface area contributed by atoms with E-state index in [4.69, 9.17) is 0 Å². The Hall–Kier alpha value is -4.90.